The SMILES string of the molecule is COc1ccc(C(=O)N(C)C(C)CCN)c(F)c1. The van der Waals surface area contributed by atoms with Crippen molar-refractivity contribution >= 4 is 5.91 Å². The van der Waals surface area contributed by atoms with Gasteiger partial charge >= 0.3 is 0 Å². The molecule has 0 fully saturated rings. The predicted octanol–water partition coefficient (Wildman–Crippen LogP) is 1.64. The van der Waals surface area contributed by atoms with Gasteiger partial charge in [0.2, 0.25) is 0 Å². The van der Waals surface area contributed by atoms with E-state index >= 15 is 0 Å². The van der Waals surface area contributed by atoms with E-state index in [0.717, 1.165) is 0 Å². The number of benzene rings is 1. The fourth-order valence-electron chi connectivity index (χ4n) is 1.62. The first-order chi connectivity index (χ1) is 8.51. The van der Waals surface area contributed by atoms with Crippen molar-refractivity contribution in [2.24, 2.45) is 5.73 Å². The highest BCUT2D eigenvalue weighted by Gasteiger charge is 2.20. The maximum atomic E-state index is 13.7. The Morgan fingerprint density at radius 3 is 2.72 bits per heavy atom. The third-order valence-electron chi connectivity index (χ3n) is 2.97. The van der Waals surface area contributed by atoms with E-state index in [0.29, 0.717) is 18.7 Å². The first-order valence-corrected chi connectivity index (χ1v) is 5.82. The predicted molar refractivity (Wildman–Crippen MR) is 68.2 cm³/mol. The smallest absolute Gasteiger partial charge is 0.256 e. The summed E-state index contributed by atoms with van der Waals surface area (Å²) in [4.78, 5) is 13.6. The van der Waals surface area contributed by atoms with Gasteiger partial charge in [0, 0.05) is 19.2 Å². The van der Waals surface area contributed by atoms with Crippen LogP contribution < -0.4 is 10.5 Å². The molecule has 5 heteroatoms. The molecule has 0 bridgehead atoms. The number of carbonyl (C=O) groups is 1. The maximum Gasteiger partial charge on any atom is 0.256 e. The fourth-order valence-corrected chi connectivity index (χ4v) is 1.62. The molecule has 1 unspecified atom stereocenters. The van der Waals surface area contributed by atoms with Crippen LogP contribution in [-0.4, -0.2) is 37.6 Å². The molecule has 18 heavy (non-hydrogen) atoms. The number of halogens is 1. The van der Waals surface area contributed by atoms with Gasteiger partial charge in [0.05, 0.1) is 12.7 Å². The lowest BCUT2D eigenvalue weighted by Gasteiger charge is -2.24. The van der Waals surface area contributed by atoms with E-state index in [4.69, 9.17) is 10.5 Å². The Balaban J connectivity index is 2.90. The van der Waals surface area contributed by atoms with E-state index in [1.807, 2.05) is 6.92 Å². The van der Waals surface area contributed by atoms with E-state index < -0.39 is 5.82 Å². The minimum Gasteiger partial charge on any atom is -0.497 e. The van der Waals surface area contributed by atoms with E-state index in [2.05, 4.69) is 0 Å². The molecule has 0 saturated carbocycles. The molecule has 1 aromatic rings. The second-order valence-corrected chi connectivity index (χ2v) is 4.19. The molecule has 1 atom stereocenters. The lowest BCUT2D eigenvalue weighted by atomic mass is 10.1. The minimum absolute atomic E-state index is 0.0241. The summed E-state index contributed by atoms with van der Waals surface area (Å²) in [6.45, 7) is 2.37. The van der Waals surface area contributed by atoms with E-state index in [-0.39, 0.29) is 17.5 Å². The molecule has 0 spiro atoms. The van der Waals surface area contributed by atoms with Crippen LogP contribution in [-0.2, 0) is 0 Å². The van der Waals surface area contributed by atoms with Crippen molar-refractivity contribution < 1.29 is 13.9 Å². The molecule has 1 aromatic carbocycles. The first kappa shape index (κ1) is 14.4. The molecular formula is C13H19FN2O2. The molecule has 1 amide bonds. The Morgan fingerprint density at radius 2 is 2.22 bits per heavy atom. The number of carbonyl (C=O) groups excluding carboxylic acids is 1. The number of rotatable bonds is 5. The topological polar surface area (TPSA) is 55.6 Å². The zero-order chi connectivity index (χ0) is 13.7. The summed E-state index contributed by atoms with van der Waals surface area (Å²) in [6.07, 6.45) is 0.681. The van der Waals surface area contributed by atoms with Crippen LogP contribution in [0.25, 0.3) is 0 Å². The Kier molecular flexibility index (Phi) is 5.09. The van der Waals surface area contributed by atoms with Crippen molar-refractivity contribution in [3.8, 4) is 5.75 Å². The summed E-state index contributed by atoms with van der Waals surface area (Å²) in [5.41, 5.74) is 5.49. The van der Waals surface area contributed by atoms with Crippen LogP contribution in [0.5, 0.6) is 5.75 Å². The van der Waals surface area contributed by atoms with Crippen LogP contribution in [0.2, 0.25) is 0 Å². The van der Waals surface area contributed by atoms with Crippen molar-refractivity contribution in [2.75, 3.05) is 20.7 Å². The average Bonchev–Trinajstić information content (AvgIpc) is 2.37. The Morgan fingerprint density at radius 1 is 1.56 bits per heavy atom. The number of ether oxygens (including phenoxy) is 1. The van der Waals surface area contributed by atoms with Crippen molar-refractivity contribution in [3.63, 3.8) is 0 Å². The van der Waals surface area contributed by atoms with Gasteiger partial charge in [-0.2, -0.15) is 0 Å². The van der Waals surface area contributed by atoms with Gasteiger partial charge in [-0.25, -0.2) is 4.39 Å². The lowest BCUT2D eigenvalue weighted by molar-refractivity contribution is 0.0734. The summed E-state index contributed by atoms with van der Waals surface area (Å²) in [5.74, 6) is -0.538. The van der Waals surface area contributed by atoms with Crippen molar-refractivity contribution in [3.05, 3.63) is 29.6 Å². The first-order valence-electron chi connectivity index (χ1n) is 5.82. The van der Waals surface area contributed by atoms with Crippen LogP contribution in [0.3, 0.4) is 0 Å². The molecule has 0 aliphatic heterocycles. The number of nitrogens with two attached hydrogens (primary N) is 1. The third-order valence-corrected chi connectivity index (χ3v) is 2.97. The Bertz CT molecular complexity index is 423. The highest BCUT2D eigenvalue weighted by atomic mass is 19.1. The number of hydrogen-bond donors (Lipinski definition) is 1. The summed E-state index contributed by atoms with van der Waals surface area (Å²) < 4.78 is 18.6. The summed E-state index contributed by atoms with van der Waals surface area (Å²) in [5, 5.41) is 0. The second-order valence-electron chi connectivity index (χ2n) is 4.19. The van der Waals surface area contributed by atoms with Gasteiger partial charge in [0.1, 0.15) is 11.6 Å². The zero-order valence-corrected chi connectivity index (χ0v) is 10.9. The van der Waals surface area contributed by atoms with Crippen LogP contribution in [0.1, 0.15) is 23.7 Å². The molecule has 4 nitrogen and oxygen atoms in total. The molecular weight excluding hydrogens is 235 g/mol. The molecule has 0 saturated heterocycles. The molecule has 0 heterocycles. The second kappa shape index (κ2) is 6.35. The van der Waals surface area contributed by atoms with Gasteiger partial charge in [-0.05, 0) is 32.0 Å². The number of amides is 1. The molecule has 0 aliphatic rings. The lowest BCUT2D eigenvalue weighted by Crippen LogP contribution is -2.36. The van der Waals surface area contributed by atoms with Crippen molar-refractivity contribution in [1.29, 1.82) is 0 Å². The highest BCUT2D eigenvalue weighted by Crippen LogP contribution is 2.18. The molecule has 0 aliphatic carbocycles. The quantitative estimate of drug-likeness (QED) is 0.869. The van der Waals surface area contributed by atoms with Gasteiger partial charge in [-0.15, -0.1) is 0 Å². The van der Waals surface area contributed by atoms with Crippen molar-refractivity contribution in [1.82, 2.24) is 4.90 Å². The Hall–Kier alpha value is -1.62. The van der Waals surface area contributed by atoms with Gasteiger partial charge in [0.15, 0.2) is 0 Å². The minimum atomic E-state index is -0.578. The largest absolute Gasteiger partial charge is 0.497 e. The third kappa shape index (κ3) is 3.20. The Labute approximate surface area is 107 Å². The highest BCUT2D eigenvalue weighted by molar-refractivity contribution is 5.94. The summed E-state index contributed by atoms with van der Waals surface area (Å²) in [7, 11) is 3.10. The van der Waals surface area contributed by atoms with Crippen LogP contribution in [0.4, 0.5) is 4.39 Å². The summed E-state index contributed by atoms with van der Waals surface area (Å²) >= 11 is 0. The van der Waals surface area contributed by atoms with Gasteiger partial charge in [-0.3, -0.25) is 4.79 Å². The molecule has 1 rings (SSSR count). The van der Waals surface area contributed by atoms with E-state index in [1.54, 1.807) is 13.1 Å². The number of hydrogen-bond acceptors (Lipinski definition) is 3. The number of nitrogens with zero attached hydrogens (tertiary/aromatic N) is 1. The maximum absolute atomic E-state index is 13.7. The molecule has 100 valence electrons. The van der Waals surface area contributed by atoms with Crippen LogP contribution in [0.15, 0.2) is 18.2 Å². The van der Waals surface area contributed by atoms with Gasteiger partial charge < -0.3 is 15.4 Å². The normalized spacial score (nSPS) is 12.1. The standard InChI is InChI=1S/C13H19FN2O2/c1-9(6-7-15)16(2)13(17)11-5-4-10(18-3)8-12(11)14/h4-5,8-9H,6-7,15H2,1-3H3. The molecule has 0 aromatic heterocycles. The molecule has 2 N–H and O–H groups in total. The average molecular weight is 254 g/mol. The van der Waals surface area contributed by atoms with Crippen LogP contribution in [0, 0.1) is 5.82 Å². The zero-order valence-electron chi connectivity index (χ0n) is 10.9. The van der Waals surface area contributed by atoms with E-state index in [9.17, 15) is 9.18 Å². The van der Waals surface area contributed by atoms with E-state index in [1.165, 1.54) is 24.1 Å². The molecule has 0 radical (unpaired) electrons. The fraction of sp³-hybridized carbons (Fsp3) is 0.462. The van der Waals surface area contributed by atoms with Crippen molar-refractivity contribution in [2.45, 2.75) is 19.4 Å². The van der Waals surface area contributed by atoms with Crippen LogP contribution >= 0.6 is 0 Å². The van der Waals surface area contributed by atoms with Gasteiger partial charge in [-0.1, -0.05) is 0 Å². The van der Waals surface area contributed by atoms with Gasteiger partial charge in [0.25, 0.3) is 5.91 Å². The monoisotopic (exact) mass is 254 g/mol. The summed E-state index contributed by atoms with van der Waals surface area (Å²) in [6, 6.07) is 4.18. The number of methoxy groups -OCH3 is 1.